The van der Waals surface area contributed by atoms with Crippen LogP contribution in [-0.4, -0.2) is 12.1 Å². The van der Waals surface area contributed by atoms with Crippen LogP contribution < -0.4 is 5.32 Å². The number of nitrogens with one attached hydrogen (secondary N) is 1. The van der Waals surface area contributed by atoms with Gasteiger partial charge in [0.15, 0.2) is 0 Å². The molecule has 1 N–H and O–H groups in total. The van der Waals surface area contributed by atoms with E-state index in [9.17, 15) is 0 Å². The number of nitrogens with zero attached hydrogens (tertiary/aromatic N) is 1. The highest BCUT2D eigenvalue weighted by atomic mass is 14.9. The van der Waals surface area contributed by atoms with Gasteiger partial charge in [-0.2, -0.15) is 5.26 Å². The lowest BCUT2D eigenvalue weighted by Gasteiger charge is -2.21. The highest BCUT2D eigenvalue weighted by molar-refractivity contribution is 5.54. The Kier molecular flexibility index (Phi) is 5.12. The van der Waals surface area contributed by atoms with Crippen molar-refractivity contribution < 1.29 is 0 Å². The van der Waals surface area contributed by atoms with Crippen LogP contribution in [0.1, 0.15) is 45.2 Å². The number of hydrogen-bond donors (Lipinski definition) is 1. The highest BCUT2D eigenvalue weighted by Gasteiger charge is 2.08. The second-order valence-electron chi connectivity index (χ2n) is 5.49. The van der Waals surface area contributed by atoms with E-state index in [4.69, 9.17) is 5.26 Å². The molecule has 0 radical (unpaired) electrons. The van der Waals surface area contributed by atoms with Crippen LogP contribution in [-0.2, 0) is 0 Å². The molecule has 0 aliphatic rings. The van der Waals surface area contributed by atoms with Crippen molar-refractivity contribution in [2.45, 2.75) is 39.7 Å². The maximum absolute atomic E-state index is 8.75. The summed E-state index contributed by atoms with van der Waals surface area (Å²) in [4.78, 5) is 0. The first-order valence-electron chi connectivity index (χ1n) is 6.39. The van der Waals surface area contributed by atoms with Crippen molar-refractivity contribution >= 4 is 6.08 Å². The maximum Gasteiger partial charge on any atom is 0.0991 e. The first-order valence-corrected chi connectivity index (χ1v) is 6.39. The van der Waals surface area contributed by atoms with Gasteiger partial charge in [-0.05, 0) is 44.9 Å². The van der Waals surface area contributed by atoms with E-state index in [1.54, 1.807) is 0 Å². The second kappa shape index (κ2) is 6.37. The molecule has 0 aromatic heterocycles. The summed E-state index contributed by atoms with van der Waals surface area (Å²) in [6.45, 7) is 9.58. The molecule has 1 aromatic rings. The van der Waals surface area contributed by atoms with Crippen LogP contribution in [0, 0.1) is 11.3 Å². The SMILES string of the molecule is CCC(=Cc1ccc(C#N)cc1)CNC(C)(C)C. The van der Waals surface area contributed by atoms with Crippen molar-refractivity contribution in [3.63, 3.8) is 0 Å². The lowest BCUT2D eigenvalue weighted by Crippen LogP contribution is -2.36. The van der Waals surface area contributed by atoms with E-state index in [1.807, 2.05) is 24.3 Å². The molecule has 18 heavy (non-hydrogen) atoms. The van der Waals surface area contributed by atoms with Crippen molar-refractivity contribution in [2.75, 3.05) is 6.54 Å². The highest BCUT2D eigenvalue weighted by Crippen LogP contribution is 2.11. The lowest BCUT2D eigenvalue weighted by molar-refractivity contribution is 0.443. The van der Waals surface area contributed by atoms with Gasteiger partial charge in [0.2, 0.25) is 0 Å². The molecule has 0 aliphatic carbocycles. The van der Waals surface area contributed by atoms with E-state index >= 15 is 0 Å². The molecule has 0 heterocycles. The molecule has 96 valence electrons. The molecule has 0 unspecified atom stereocenters. The monoisotopic (exact) mass is 242 g/mol. The quantitative estimate of drug-likeness (QED) is 0.873. The molecule has 0 saturated carbocycles. The molecule has 0 amide bonds. The fourth-order valence-corrected chi connectivity index (χ4v) is 1.55. The zero-order valence-electron chi connectivity index (χ0n) is 11.7. The predicted octanol–water partition coefficient (Wildman–Crippen LogP) is 3.74. The van der Waals surface area contributed by atoms with Crippen molar-refractivity contribution in [1.29, 1.82) is 5.26 Å². The van der Waals surface area contributed by atoms with Gasteiger partial charge in [-0.1, -0.05) is 30.7 Å². The average molecular weight is 242 g/mol. The molecule has 0 saturated heterocycles. The summed E-state index contributed by atoms with van der Waals surface area (Å²) in [6.07, 6.45) is 3.23. The first-order chi connectivity index (χ1) is 8.44. The third-order valence-electron chi connectivity index (χ3n) is 2.71. The smallest absolute Gasteiger partial charge is 0.0991 e. The fraction of sp³-hybridized carbons (Fsp3) is 0.438. The minimum Gasteiger partial charge on any atom is -0.308 e. The van der Waals surface area contributed by atoms with Crippen LogP contribution >= 0.6 is 0 Å². The Hall–Kier alpha value is -1.59. The molecule has 2 heteroatoms. The Morgan fingerprint density at radius 2 is 1.89 bits per heavy atom. The van der Waals surface area contributed by atoms with Crippen LogP contribution in [0.2, 0.25) is 0 Å². The van der Waals surface area contributed by atoms with Gasteiger partial charge >= 0.3 is 0 Å². The predicted molar refractivity (Wildman–Crippen MR) is 77.2 cm³/mol. The van der Waals surface area contributed by atoms with E-state index in [0.717, 1.165) is 18.5 Å². The molecule has 1 aromatic carbocycles. The minimum absolute atomic E-state index is 0.138. The van der Waals surface area contributed by atoms with Crippen molar-refractivity contribution in [2.24, 2.45) is 0 Å². The summed E-state index contributed by atoms with van der Waals surface area (Å²) in [5.74, 6) is 0. The Morgan fingerprint density at radius 3 is 2.33 bits per heavy atom. The summed E-state index contributed by atoms with van der Waals surface area (Å²) >= 11 is 0. The molecule has 0 aliphatic heterocycles. The molecular formula is C16H22N2. The summed E-state index contributed by atoms with van der Waals surface area (Å²) in [5, 5.41) is 12.2. The van der Waals surface area contributed by atoms with E-state index in [0.29, 0.717) is 5.56 Å². The van der Waals surface area contributed by atoms with E-state index in [2.05, 4.69) is 45.2 Å². The third kappa shape index (κ3) is 5.16. The summed E-state index contributed by atoms with van der Waals surface area (Å²) in [7, 11) is 0. The van der Waals surface area contributed by atoms with Gasteiger partial charge in [-0.3, -0.25) is 0 Å². The van der Waals surface area contributed by atoms with Crippen molar-refractivity contribution in [3.05, 3.63) is 41.0 Å². The van der Waals surface area contributed by atoms with E-state index in [-0.39, 0.29) is 5.54 Å². The third-order valence-corrected chi connectivity index (χ3v) is 2.71. The maximum atomic E-state index is 8.75. The molecule has 2 nitrogen and oxygen atoms in total. The Morgan fingerprint density at radius 1 is 1.28 bits per heavy atom. The van der Waals surface area contributed by atoms with Crippen LogP contribution in [0.15, 0.2) is 29.8 Å². The Balaban J connectivity index is 2.74. The molecule has 0 spiro atoms. The van der Waals surface area contributed by atoms with Gasteiger partial charge in [0.1, 0.15) is 0 Å². The zero-order chi connectivity index (χ0) is 13.6. The van der Waals surface area contributed by atoms with Gasteiger partial charge in [-0.15, -0.1) is 0 Å². The van der Waals surface area contributed by atoms with Gasteiger partial charge in [0.25, 0.3) is 0 Å². The Labute approximate surface area is 110 Å². The fourth-order valence-electron chi connectivity index (χ4n) is 1.55. The molecule has 0 fully saturated rings. The van der Waals surface area contributed by atoms with Crippen LogP contribution in [0.5, 0.6) is 0 Å². The lowest BCUT2D eigenvalue weighted by atomic mass is 10.0. The van der Waals surface area contributed by atoms with Gasteiger partial charge in [0, 0.05) is 12.1 Å². The van der Waals surface area contributed by atoms with Crippen LogP contribution in [0.4, 0.5) is 0 Å². The largest absolute Gasteiger partial charge is 0.308 e. The zero-order valence-corrected chi connectivity index (χ0v) is 11.7. The summed E-state index contributed by atoms with van der Waals surface area (Å²) in [6, 6.07) is 9.83. The number of hydrogen-bond acceptors (Lipinski definition) is 2. The van der Waals surface area contributed by atoms with Crippen LogP contribution in [0.3, 0.4) is 0 Å². The number of nitriles is 1. The second-order valence-corrected chi connectivity index (χ2v) is 5.49. The van der Waals surface area contributed by atoms with Gasteiger partial charge in [0.05, 0.1) is 11.6 Å². The van der Waals surface area contributed by atoms with E-state index < -0.39 is 0 Å². The average Bonchev–Trinajstić information content (AvgIpc) is 2.34. The van der Waals surface area contributed by atoms with Crippen LogP contribution in [0.25, 0.3) is 6.08 Å². The minimum atomic E-state index is 0.138. The molecule has 0 atom stereocenters. The standard InChI is InChI=1S/C16H22N2/c1-5-13(12-18-16(2,3)4)10-14-6-8-15(11-17)9-7-14/h6-10,18H,5,12H2,1-4H3. The van der Waals surface area contributed by atoms with Crippen molar-refractivity contribution in [3.8, 4) is 6.07 Å². The summed E-state index contributed by atoms with van der Waals surface area (Å²) < 4.78 is 0. The van der Waals surface area contributed by atoms with Gasteiger partial charge in [-0.25, -0.2) is 0 Å². The Bertz CT molecular complexity index is 441. The molecular weight excluding hydrogens is 220 g/mol. The number of rotatable bonds is 4. The topological polar surface area (TPSA) is 35.8 Å². The first kappa shape index (κ1) is 14.5. The van der Waals surface area contributed by atoms with Gasteiger partial charge < -0.3 is 5.32 Å². The summed E-state index contributed by atoms with van der Waals surface area (Å²) in [5.41, 5.74) is 3.37. The molecule has 0 bridgehead atoms. The normalized spacial score (nSPS) is 12.3. The van der Waals surface area contributed by atoms with E-state index in [1.165, 1.54) is 5.57 Å². The number of benzene rings is 1. The van der Waals surface area contributed by atoms with Crippen molar-refractivity contribution in [1.82, 2.24) is 5.32 Å². The molecule has 1 rings (SSSR count).